The van der Waals surface area contributed by atoms with E-state index < -0.39 is 0 Å². The molecule has 0 unspecified atom stereocenters. The molecule has 0 atom stereocenters. The summed E-state index contributed by atoms with van der Waals surface area (Å²) in [4.78, 5) is 3.78. The third-order valence-electron chi connectivity index (χ3n) is 1.10. The lowest BCUT2D eigenvalue weighted by Gasteiger charge is -1.93. The Labute approximate surface area is 63.9 Å². The zero-order valence-electron chi connectivity index (χ0n) is 6.58. The molecule has 0 aliphatic carbocycles. The summed E-state index contributed by atoms with van der Waals surface area (Å²) in [6.45, 7) is 0. The van der Waals surface area contributed by atoms with Crippen LogP contribution in [0.15, 0.2) is 4.42 Å². The summed E-state index contributed by atoms with van der Waals surface area (Å²) in [7, 11) is 4.38. The van der Waals surface area contributed by atoms with Gasteiger partial charge in [0.15, 0.2) is 0 Å². The maximum Gasteiger partial charge on any atom is 0.399 e. The lowest BCUT2D eigenvalue weighted by atomic mass is 10.8. The summed E-state index contributed by atoms with van der Waals surface area (Å²) >= 11 is 0. The van der Waals surface area contributed by atoms with Crippen molar-refractivity contribution in [2.75, 3.05) is 21.3 Å². The SMILES string of the molecule is COc1nc(OC)c(OC)o1. The summed E-state index contributed by atoms with van der Waals surface area (Å²) in [5.74, 6) is 0.494. The number of hydrogen-bond acceptors (Lipinski definition) is 5. The Morgan fingerprint density at radius 3 is 2.18 bits per heavy atom. The van der Waals surface area contributed by atoms with Gasteiger partial charge in [0.05, 0.1) is 21.3 Å². The largest absolute Gasteiger partial charge is 0.476 e. The predicted molar refractivity (Wildman–Crippen MR) is 36.2 cm³/mol. The van der Waals surface area contributed by atoms with Crippen molar-refractivity contribution in [3.63, 3.8) is 0 Å². The smallest absolute Gasteiger partial charge is 0.399 e. The molecular formula is C6H9NO4. The Hall–Kier alpha value is -1.39. The molecule has 1 heterocycles. The summed E-state index contributed by atoms with van der Waals surface area (Å²) < 4.78 is 19.2. The number of methoxy groups -OCH3 is 3. The lowest BCUT2D eigenvalue weighted by molar-refractivity contribution is 0.232. The van der Waals surface area contributed by atoms with E-state index in [-0.39, 0.29) is 17.9 Å². The first-order chi connectivity index (χ1) is 5.31. The summed E-state index contributed by atoms with van der Waals surface area (Å²) in [5, 5.41) is 0. The van der Waals surface area contributed by atoms with Crippen molar-refractivity contribution in [1.29, 1.82) is 0 Å². The Balaban J connectivity index is 2.92. The van der Waals surface area contributed by atoms with E-state index >= 15 is 0 Å². The topological polar surface area (TPSA) is 53.7 Å². The zero-order valence-corrected chi connectivity index (χ0v) is 6.58. The Morgan fingerprint density at radius 1 is 1.09 bits per heavy atom. The van der Waals surface area contributed by atoms with Gasteiger partial charge in [0.1, 0.15) is 0 Å². The van der Waals surface area contributed by atoms with Gasteiger partial charge >= 0.3 is 17.9 Å². The van der Waals surface area contributed by atoms with Crippen LogP contribution < -0.4 is 14.2 Å². The van der Waals surface area contributed by atoms with E-state index in [1.807, 2.05) is 0 Å². The van der Waals surface area contributed by atoms with E-state index in [2.05, 4.69) is 4.98 Å². The van der Waals surface area contributed by atoms with Crippen LogP contribution in [0.5, 0.6) is 17.9 Å². The van der Waals surface area contributed by atoms with Gasteiger partial charge in [0, 0.05) is 0 Å². The quantitative estimate of drug-likeness (QED) is 0.649. The fourth-order valence-corrected chi connectivity index (χ4v) is 0.620. The monoisotopic (exact) mass is 159 g/mol. The van der Waals surface area contributed by atoms with Gasteiger partial charge in [-0.15, -0.1) is 4.98 Å². The van der Waals surface area contributed by atoms with Crippen LogP contribution in [0.25, 0.3) is 0 Å². The second-order valence-corrected chi connectivity index (χ2v) is 1.68. The molecule has 0 bridgehead atoms. The van der Waals surface area contributed by atoms with E-state index in [0.717, 1.165) is 0 Å². The van der Waals surface area contributed by atoms with Gasteiger partial charge in [-0.2, -0.15) is 0 Å². The number of oxazole rings is 1. The molecule has 5 heteroatoms. The Kier molecular flexibility index (Phi) is 2.20. The molecule has 0 amide bonds. The van der Waals surface area contributed by atoms with Crippen molar-refractivity contribution < 1.29 is 18.6 Å². The molecular weight excluding hydrogens is 150 g/mol. The van der Waals surface area contributed by atoms with Crippen LogP contribution in [-0.2, 0) is 0 Å². The highest BCUT2D eigenvalue weighted by atomic mass is 16.7. The van der Waals surface area contributed by atoms with Gasteiger partial charge in [-0.3, -0.25) is 0 Å². The van der Waals surface area contributed by atoms with E-state index in [9.17, 15) is 0 Å². The van der Waals surface area contributed by atoms with Gasteiger partial charge < -0.3 is 18.6 Å². The van der Waals surface area contributed by atoms with E-state index in [1.54, 1.807) is 0 Å². The third kappa shape index (κ3) is 1.36. The molecule has 0 aliphatic heterocycles. The summed E-state index contributed by atoms with van der Waals surface area (Å²) in [6.07, 6.45) is 0.124. The highest BCUT2D eigenvalue weighted by Gasteiger charge is 2.13. The number of hydrogen-bond donors (Lipinski definition) is 0. The van der Waals surface area contributed by atoms with Crippen LogP contribution in [0.3, 0.4) is 0 Å². The molecule has 62 valence electrons. The van der Waals surface area contributed by atoms with Gasteiger partial charge in [-0.25, -0.2) is 0 Å². The minimum Gasteiger partial charge on any atom is -0.476 e. The van der Waals surface area contributed by atoms with Crippen LogP contribution in [0, 0.1) is 0 Å². The molecule has 5 nitrogen and oxygen atoms in total. The van der Waals surface area contributed by atoms with Crippen molar-refractivity contribution in [3.8, 4) is 17.9 Å². The van der Waals surface area contributed by atoms with Crippen molar-refractivity contribution in [1.82, 2.24) is 4.98 Å². The predicted octanol–water partition coefficient (Wildman–Crippen LogP) is 0.700. The standard InChI is InChI=1S/C6H9NO4/c1-8-4-5(9-2)11-6(7-4)10-3/h1-3H3. The Morgan fingerprint density at radius 2 is 1.82 bits per heavy atom. The van der Waals surface area contributed by atoms with Crippen LogP contribution in [0.2, 0.25) is 0 Å². The van der Waals surface area contributed by atoms with Gasteiger partial charge in [0.2, 0.25) is 0 Å². The fourth-order valence-electron chi connectivity index (χ4n) is 0.620. The minimum atomic E-state index is 0.124. The van der Waals surface area contributed by atoms with Crippen LogP contribution >= 0.6 is 0 Å². The maximum atomic E-state index is 4.92. The molecule has 0 spiro atoms. The van der Waals surface area contributed by atoms with Crippen molar-refractivity contribution in [3.05, 3.63) is 0 Å². The van der Waals surface area contributed by atoms with Gasteiger partial charge in [0.25, 0.3) is 0 Å². The normalized spacial score (nSPS) is 9.36. The molecule has 1 rings (SSSR count). The lowest BCUT2D eigenvalue weighted by Crippen LogP contribution is -1.87. The highest BCUT2D eigenvalue weighted by Crippen LogP contribution is 2.30. The first-order valence-electron chi connectivity index (χ1n) is 2.94. The number of ether oxygens (including phenoxy) is 3. The average Bonchev–Trinajstić information content (AvgIpc) is 2.46. The van der Waals surface area contributed by atoms with Gasteiger partial charge in [-0.1, -0.05) is 0 Å². The maximum absolute atomic E-state index is 4.92. The first-order valence-corrected chi connectivity index (χ1v) is 2.94. The zero-order chi connectivity index (χ0) is 8.27. The van der Waals surface area contributed by atoms with Crippen LogP contribution in [-0.4, -0.2) is 26.3 Å². The average molecular weight is 159 g/mol. The molecule has 0 radical (unpaired) electrons. The Bertz CT molecular complexity index is 211. The molecule has 0 fully saturated rings. The second kappa shape index (κ2) is 3.14. The summed E-state index contributed by atoms with van der Waals surface area (Å²) in [6, 6.07) is 0. The number of nitrogens with zero attached hydrogens (tertiary/aromatic N) is 1. The van der Waals surface area contributed by atoms with E-state index in [0.29, 0.717) is 0 Å². The van der Waals surface area contributed by atoms with Gasteiger partial charge in [-0.05, 0) is 0 Å². The van der Waals surface area contributed by atoms with Crippen LogP contribution in [0.4, 0.5) is 0 Å². The first kappa shape index (κ1) is 7.71. The second-order valence-electron chi connectivity index (χ2n) is 1.68. The van der Waals surface area contributed by atoms with E-state index in [1.165, 1.54) is 21.3 Å². The van der Waals surface area contributed by atoms with E-state index in [4.69, 9.17) is 18.6 Å². The van der Waals surface area contributed by atoms with Crippen LogP contribution in [0.1, 0.15) is 0 Å². The van der Waals surface area contributed by atoms with Crippen molar-refractivity contribution in [2.24, 2.45) is 0 Å². The highest BCUT2D eigenvalue weighted by molar-refractivity contribution is 5.24. The molecule has 0 saturated carbocycles. The fraction of sp³-hybridized carbons (Fsp3) is 0.500. The summed E-state index contributed by atoms with van der Waals surface area (Å²) in [5.41, 5.74) is 0. The third-order valence-corrected chi connectivity index (χ3v) is 1.10. The number of aromatic nitrogens is 1. The number of rotatable bonds is 3. The molecule has 1 aromatic rings. The molecule has 1 aromatic heterocycles. The molecule has 11 heavy (non-hydrogen) atoms. The minimum absolute atomic E-state index is 0.124. The molecule has 0 N–H and O–H groups in total. The van der Waals surface area contributed by atoms with Crippen molar-refractivity contribution >= 4 is 0 Å². The molecule has 0 aliphatic rings. The molecule has 0 aromatic carbocycles. The molecule has 0 saturated heterocycles. The van der Waals surface area contributed by atoms with Crippen molar-refractivity contribution in [2.45, 2.75) is 0 Å².